The van der Waals surface area contributed by atoms with Crippen LogP contribution in [0.1, 0.15) is 27.2 Å². The second-order valence-electron chi connectivity index (χ2n) is 2.90. The molecule has 0 amide bonds. The Morgan fingerprint density at radius 3 is 2.15 bits per heavy atom. The Morgan fingerprint density at radius 1 is 0.923 bits per heavy atom. The van der Waals surface area contributed by atoms with Gasteiger partial charge in [0, 0.05) is 6.61 Å². The Labute approximate surface area is 81.4 Å². The molecule has 3 nitrogen and oxygen atoms in total. The molecule has 0 aromatic heterocycles. The van der Waals surface area contributed by atoms with Crippen molar-refractivity contribution in [3.8, 4) is 0 Å². The smallest absolute Gasteiger partial charge is 0.0704 e. The molecule has 0 N–H and O–H groups in total. The summed E-state index contributed by atoms with van der Waals surface area (Å²) in [5, 5.41) is 0. The van der Waals surface area contributed by atoms with E-state index in [-0.39, 0.29) is 0 Å². The van der Waals surface area contributed by atoms with Crippen molar-refractivity contribution in [1.82, 2.24) is 0 Å². The molecule has 0 rings (SSSR count). The van der Waals surface area contributed by atoms with E-state index >= 15 is 0 Å². The van der Waals surface area contributed by atoms with E-state index in [0.29, 0.717) is 32.5 Å². The fourth-order valence-electron chi connectivity index (χ4n) is 0.790. The molecule has 0 aromatic carbocycles. The SMILES string of the molecule is CCOCCOCCOC(C)CC. The normalized spacial score (nSPS) is 13.2. The number of hydrogen-bond donors (Lipinski definition) is 0. The van der Waals surface area contributed by atoms with E-state index in [1.54, 1.807) is 0 Å². The molecule has 3 heteroatoms. The van der Waals surface area contributed by atoms with Crippen LogP contribution in [0.2, 0.25) is 0 Å². The van der Waals surface area contributed by atoms with E-state index in [1.165, 1.54) is 0 Å². The highest BCUT2D eigenvalue weighted by atomic mass is 16.5. The standard InChI is InChI=1S/C10H22O3/c1-4-10(3)13-9-8-12-7-6-11-5-2/h10H,4-9H2,1-3H3. The van der Waals surface area contributed by atoms with Crippen LogP contribution in [0.3, 0.4) is 0 Å². The third kappa shape index (κ3) is 9.80. The maximum atomic E-state index is 5.43. The van der Waals surface area contributed by atoms with Gasteiger partial charge in [-0.2, -0.15) is 0 Å². The summed E-state index contributed by atoms with van der Waals surface area (Å²) in [7, 11) is 0. The Kier molecular flexibility index (Phi) is 9.87. The summed E-state index contributed by atoms with van der Waals surface area (Å²) in [6, 6.07) is 0. The molecule has 0 aromatic rings. The molecule has 0 aliphatic carbocycles. The van der Waals surface area contributed by atoms with Gasteiger partial charge in [-0.3, -0.25) is 0 Å². The third-order valence-corrected chi connectivity index (χ3v) is 1.78. The minimum atomic E-state index is 0.343. The lowest BCUT2D eigenvalue weighted by Crippen LogP contribution is -2.13. The maximum absolute atomic E-state index is 5.43. The van der Waals surface area contributed by atoms with Crippen LogP contribution in [-0.4, -0.2) is 39.1 Å². The molecule has 0 radical (unpaired) electrons. The molecule has 0 saturated heterocycles. The van der Waals surface area contributed by atoms with Gasteiger partial charge in [0.25, 0.3) is 0 Å². The van der Waals surface area contributed by atoms with Crippen LogP contribution in [-0.2, 0) is 14.2 Å². The number of hydrogen-bond acceptors (Lipinski definition) is 3. The number of rotatable bonds is 9. The first kappa shape index (κ1) is 12.9. The van der Waals surface area contributed by atoms with E-state index in [4.69, 9.17) is 14.2 Å². The average Bonchev–Trinajstić information content (AvgIpc) is 2.16. The van der Waals surface area contributed by atoms with Crippen molar-refractivity contribution in [3.05, 3.63) is 0 Å². The molecule has 80 valence electrons. The predicted octanol–water partition coefficient (Wildman–Crippen LogP) is 1.85. The fourth-order valence-corrected chi connectivity index (χ4v) is 0.790. The largest absolute Gasteiger partial charge is 0.379 e. The highest BCUT2D eigenvalue weighted by molar-refractivity contribution is 4.43. The lowest BCUT2D eigenvalue weighted by molar-refractivity contribution is -0.00555. The van der Waals surface area contributed by atoms with Crippen molar-refractivity contribution in [1.29, 1.82) is 0 Å². The average molecular weight is 190 g/mol. The van der Waals surface area contributed by atoms with Gasteiger partial charge in [-0.05, 0) is 20.3 Å². The first-order valence-corrected chi connectivity index (χ1v) is 5.08. The summed E-state index contributed by atoms with van der Waals surface area (Å²) in [5.74, 6) is 0. The predicted molar refractivity (Wildman–Crippen MR) is 53.0 cm³/mol. The van der Waals surface area contributed by atoms with Gasteiger partial charge in [0.05, 0.1) is 32.5 Å². The van der Waals surface area contributed by atoms with Gasteiger partial charge in [0.15, 0.2) is 0 Å². The zero-order chi connectivity index (χ0) is 9.94. The maximum Gasteiger partial charge on any atom is 0.0704 e. The van der Waals surface area contributed by atoms with Gasteiger partial charge in [-0.15, -0.1) is 0 Å². The fraction of sp³-hybridized carbons (Fsp3) is 1.00. The van der Waals surface area contributed by atoms with Gasteiger partial charge >= 0.3 is 0 Å². The van der Waals surface area contributed by atoms with Crippen LogP contribution in [0.15, 0.2) is 0 Å². The molecule has 0 bridgehead atoms. The zero-order valence-corrected chi connectivity index (χ0v) is 9.04. The molecular formula is C10H22O3. The van der Waals surface area contributed by atoms with Crippen LogP contribution in [0.5, 0.6) is 0 Å². The Balaban J connectivity index is 2.91. The minimum absolute atomic E-state index is 0.343. The van der Waals surface area contributed by atoms with Crippen molar-refractivity contribution in [3.63, 3.8) is 0 Å². The molecule has 1 unspecified atom stereocenters. The second-order valence-corrected chi connectivity index (χ2v) is 2.90. The second kappa shape index (κ2) is 9.96. The Bertz CT molecular complexity index is 96.2. The first-order valence-electron chi connectivity index (χ1n) is 5.08. The summed E-state index contributed by atoms with van der Waals surface area (Å²) in [4.78, 5) is 0. The quantitative estimate of drug-likeness (QED) is 0.519. The molecule has 0 aliphatic heterocycles. The summed E-state index contributed by atoms with van der Waals surface area (Å²) in [6.45, 7) is 9.61. The van der Waals surface area contributed by atoms with Crippen LogP contribution in [0.4, 0.5) is 0 Å². The molecular weight excluding hydrogens is 168 g/mol. The van der Waals surface area contributed by atoms with E-state index < -0.39 is 0 Å². The van der Waals surface area contributed by atoms with E-state index in [9.17, 15) is 0 Å². The van der Waals surface area contributed by atoms with Gasteiger partial charge in [-0.25, -0.2) is 0 Å². The van der Waals surface area contributed by atoms with Gasteiger partial charge in [-0.1, -0.05) is 6.92 Å². The van der Waals surface area contributed by atoms with Crippen LogP contribution in [0.25, 0.3) is 0 Å². The Morgan fingerprint density at radius 2 is 1.54 bits per heavy atom. The lowest BCUT2D eigenvalue weighted by Gasteiger charge is -2.10. The van der Waals surface area contributed by atoms with Crippen LogP contribution in [0, 0.1) is 0 Å². The van der Waals surface area contributed by atoms with Gasteiger partial charge in [0.1, 0.15) is 0 Å². The monoisotopic (exact) mass is 190 g/mol. The van der Waals surface area contributed by atoms with Gasteiger partial charge in [0.2, 0.25) is 0 Å². The summed E-state index contributed by atoms with van der Waals surface area (Å²) < 4.78 is 15.8. The highest BCUT2D eigenvalue weighted by Gasteiger charge is 1.96. The molecule has 1 atom stereocenters. The van der Waals surface area contributed by atoms with Crippen LogP contribution < -0.4 is 0 Å². The van der Waals surface area contributed by atoms with Crippen LogP contribution >= 0.6 is 0 Å². The summed E-state index contributed by atoms with van der Waals surface area (Å²) in [5.41, 5.74) is 0. The molecule has 0 heterocycles. The third-order valence-electron chi connectivity index (χ3n) is 1.78. The van der Waals surface area contributed by atoms with Gasteiger partial charge < -0.3 is 14.2 Å². The first-order chi connectivity index (χ1) is 6.31. The lowest BCUT2D eigenvalue weighted by atomic mass is 10.3. The summed E-state index contributed by atoms with van der Waals surface area (Å²) in [6.07, 6.45) is 1.40. The van der Waals surface area contributed by atoms with Crippen molar-refractivity contribution in [2.24, 2.45) is 0 Å². The molecule has 0 aliphatic rings. The number of ether oxygens (including phenoxy) is 3. The molecule has 0 spiro atoms. The topological polar surface area (TPSA) is 27.7 Å². The molecule has 13 heavy (non-hydrogen) atoms. The Hall–Kier alpha value is -0.120. The van der Waals surface area contributed by atoms with Crippen molar-refractivity contribution in [2.45, 2.75) is 33.3 Å². The minimum Gasteiger partial charge on any atom is -0.379 e. The highest BCUT2D eigenvalue weighted by Crippen LogP contribution is 1.94. The molecule has 0 fully saturated rings. The molecule has 0 saturated carbocycles. The zero-order valence-electron chi connectivity index (χ0n) is 9.04. The van der Waals surface area contributed by atoms with Crippen molar-refractivity contribution < 1.29 is 14.2 Å². The van der Waals surface area contributed by atoms with E-state index in [2.05, 4.69) is 13.8 Å². The van der Waals surface area contributed by atoms with E-state index in [0.717, 1.165) is 13.0 Å². The van der Waals surface area contributed by atoms with E-state index in [1.807, 2.05) is 6.92 Å². The van der Waals surface area contributed by atoms with Crippen molar-refractivity contribution >= 4 is 0 Å². The van der Waals surface area contributed by atoms with Crippen molar-refractivity contribution in [2.75, 3.05) is 33.0 Å². The summed E-state index contributed by atoms with van der Waals surface area (Å²) >= 11 is 0.